The van der Waals surface area contributed by atoms with E-state index in [2.05, 4.69) is 35.7 Å². The molecule has 1 saturated heterocycles. The van der Waals surface area contributed by atoms with E-state index in [0.717, 1.165) is 19.7 Å². The highest BCUT2D eigenvalue weighted by Crippen LogP contribution is 2.36. The van der Waals surface area contributed by atoms with Crippen LogP contribution < -0.4 is 0 Å². The highest BCUT2D eigenvalue weighted by atomic mass is 16.5. The van der Waals surface area contributed by atoms with Gasteiger partial charge in [0.05, 0.1) is 12.7 Å². The van der Waals surface area contributed by atoms with Crippen LogP contribution in [-0.2, 0) is 11.2 Å². The van der Waals surface area contributed by atoms with E-state index in [1.807, 2.05) is 6.08 Å². The fourth-order valence-electron chi connectivity index (χ4n) is 3.33. The molecule has 2 atom stereocenters. The molecule has 96 valence electrons. The van der Waals surface area contributed by atoms with Crippen LogP contribution in [0.5, 0.6) is 0 Å². The molecule has 1 aromatic rings. The van der Waals surface area contributed by atoms with Crippen LogP contribution in [0.3, 0.4) is 0 Å². The molecule has 0 saturated carbocycles. The van der Waals surface area contributed by atoms with Gasteiger partial charge < -0.3 is 4.74 Å². The fraction of sp³-hybridized carbons (Fsp3) is 0.500. The first kappa shape index (κ1) is 11.9. The van der Waals surface area contributed by atoms with E-state index in [0.29, 0.717) is 6.04 Å². The largest absolute Gasteiger partial charge is 0.371 e. The molecular formula is C16H21NO. The Morgan fingerprint density at radius 2 is 2.28 bits per heavy atom. The molecule has 0 unspecified atom stereocenters. The molecule has 0 N–H and O–H groups in total. The van der Waals surface area contributed by atoms with E-state index in [4.69, 9.17) is 4.74 Å². The van der Waals surface area contributed by atoms with Crippen LogP contribution in [0.1, 0.15) is 30.1 Å². The lowest BCUT2D eigenvalue weighted by atomic mass is 9.96. The quantitative estimate of drug-likeness (QED) is 0.740. The van der Waals surface area contributed by atoms with E-state index in [9.17, 15) is 0 Å². The third kappa shape index (κ3) is 2.11. The minimum absolute atomic E-state index is 0.261. The fourth-order valence-corrected chi connectivity index (χ4v) is 3.33. The van der Waals surface area contributed by atoms with Gasteiger partial charge in [0.1, 0.15) is 0 Å². The predicted octanol–water partition coefficient (Wildman–Crippen LogP) is 2.95. The molecule has 1 aromatic carbocycles. The van der Waals surface area contributed by atoms with Crippen molar-refractivity contribution in [2.75, 3.05) is 19.7 Å². The highest BCUT2D eigenvalue weighted by Gasteiger charge is 2.35. The van der Waals surface area contributed by atoms with Crippen molar-refractivity contribution in [1.29, 1.82) is 0 Å². The van der Waals surface area contributed by atoms with Gasteiger partial charge in [-0.1, -0.05) is 30.3 Å². The molecule has 1 heterocycles. The zero-order valence-corrected chi connectivity index (χ0v) is 10.8. The Morgan fingerprint density at radius 1 is 1.39 bits per heavy atom. The zero-order chi connectivity index (χ0) is 12.4. The summed E-state index contributed by atoms with van der Waals surface area (Å²) in [5.74, 6) is 0. The summed E-state index contributed by atoms with van der Waals surface area (Å²) in [5.41, 5.74) is 2.89. The van der Waals surface area contributed by atoms with Crippen LogP contribution in [0.2, 0.25) is 0 Å². The van der Waals surface area contributed by atoms with Crippen molar-refractivity contribution in [3.05, 3.63) is 48.0 Å². The van der Waals surface area contributed by atoms with E-state index in [-0.39, 0.29) is 6.10 Å². The van der Waals surface area contributed by atoms with Gasteiger partial charge in [0.2, 0.25) is 0 Å². The van der Waals surface area contributed by atoms with Gasteiger partial charge in [-0.15, -0.1) is 6.58 Å². The van der Waals surface area contributed by atoms with Gasteiger partial charge in [-0.05, 0) is 30.4 Å². The summed E-state index contributed by atoms with van der Waals surface area (Å²) in [5, 5.41) is 0. The molecule has 1 aliphatic heterocycles. The zero-order valence-electron chi connectivity index (χ0n) is 10.8. The number of fused-ring (bicyclic) bond motifs is 3. The molecule has 18 heavy (non-hydrogen) atoms. The first-order valence-electron chi connectivity index (χ1n) is 6.94. The first-order valence-corrected chi connectivity index (χ1v) is 6.94. The molecule has 3 rings (SSSR count). The lowest BCUT2D eigenvalue weighted by Gasteiger charge is -2.40. The van der Waals surface area contributed by atoms with Gasteiger partial charge in [0.15, 0.2) is 0 Å². The summed E-state index contributed by atoms with van der Waals surface area (Å²) in [6.45, 7) is 6.73. The second-order valence-corrected chi connectivity index (χ2v) is 5.23. The molecule has 1 fully saturated rings. The Balaban J connectivity index is 1.93. The minimum Gasteiger partial charge on any atom is -0.371 e. The van der Waals surface area contributed by atoms with Gasteiger partial charge in [-0.3, -0.25) is 4.90 Å². The molecule has 2 heteroatoms. The van der Waals surface area contributed by atoms with Gasteiger partial charge in [-0.25, -0.2) is 0 Å². The molecule has 0 bridgehead atoms. The van der Waals surface area contributed by atoms with Gasteiger partial charge in [-0.2, -0.15) is 0 Å². The topological polar surface area (TPSA) is 12.5 Å². The van der Waals surface area contributed by atoms with Crippen LogP contribution in [0.25, 0.3) is 0 Å². The Morgan fingerprint density at radius 3 is 3.17 bits per heavy atom. The second kappa shape index (κ2) is 5.25. The molecule has 0 aromatic heterocycles. The van der Waals surface area contributed by atoms with Crippen molar-refractivity contribution in [1.82, 2.24) is 4.90 Å². The maximum Gasteiger partial charge on any atom is 0.0983 e. The minimum atomic E-state index is 0.261. The average Bonchev–Trinajstić information content (AvgIpc) is 2.59. The number of hydrogen-bond acceptors (Lipinski definition) is 2. The summed E-state index contributed by atoms with van der Waals surface area (Å²) >= 11 is 0. The number of morpholine rings is 1. The van der Waals surface area contributed by atoms with Crippen LogP contribution >= 0.6 is 0 Å². The smallest absolute Gasteiger partial charge is 0.0983 e. The number of rotatable bonds is 2. The van der Waals surface area contributed by atoms with Crippen molar-refractivity contribution in [3.63, 3.8) is 0 Å². The van der Waals surface area contributed by atoms with E-state index in [1.54, 1.807) is 0 Å². The van der Waals surface area contributed by atoms with Crippen molar-refractivity contribution in [2.45, 2.75) is 31.4 Å². The summed E-state index contributed by atoms with van der Waals surface area (Å²) in [6.07, 6.45) is 5.95. The Hall–Kier alpha value is -1.12. The summed E-state index contributed by atoms with van der Waals surface area (Å²) in [4.78, 5) is 2.53. The second-order valence-electron chi connectivity index (χ2n) is 5.23. The van der Waals surface area contributed by atoms with Crippen molar-refractivity contribution in [3.8, 4) is 0 Å². The summed E-state index contributed by atoms with van der Waals surface area (Å²) in [6, 6.07) is 9.31. The maximum atomic E-state index is 6.09. The monoisotopic (exact) mass is 243 g/mol. The summed E-state index contributed by atoms with van der Waals surface area (Å²) < 4.78 is 6.09. The number of ether oxygens (including phenoxy) is 1. The molecule has 2 aliphatic rings. The van der Waals surface area contributed by atoms with Crippen LogP contribution in [0.15, 0.2) is 36.9 Å². The van der Waals surface area contributed by atoms with Gasteiger partial charge in [0.25, 0.3) is 0 Å². The van der Waals surface area contributed by atoms with Crippen molar-refractivity contribution < 1.29 is 4.74 Å². The van der Waals surface area contributed by atoms with Gasteiger partial charge >= 0.3 is 0 Å². The Bertz CT molecular complexity index is 429. The maximum absolute atomic E-state index is 6.09. The van der Waals surface area contributed by atoms with Crippen LogP contribution in [0, 0.1) is 0 Å². The lowest BCUT2D eigenvalue weighted by Crippen LogP contribution is -2.46. The first-order chi connectivity index (χ1) is 8.90. The standard InChI is InChI=1S/C16H21NO/c1-2-10-17-11-12-18-16-14-8-4-3-6-13(14)7-5-9-15(16)17/h2-4,6,8,15-16H,1,5,7,9-12H2/t15-,16-/m1/s1. The number of hydrogen-bond donors (Lipinski definition) is 0. The highest BCUT2D eigenvalue weighted by molar-refractivity contribution is 5.32. The number of nitrogens with zero attached hydrogens (tertiary/aromatic N) is 1. The molecular weight excluding hydrogens is 222 g/mol. The lowest BCUT2D eigenvalue weighted by molar-refractivity contribution is -0.0705. The SMILES string of the molecule is C=CCN1CCO[C@@H]2c3ccccc3CCC[C@H]21. The van der Waals surface area contributed by atoms with Gasteiger partial charge in [0, 0.05) is 19.1 Å². The summed E-state index contributed by atoms with van der Waals surface area (Å²) in [7, 11) is 0. The molecule has 0 spiro atoms. The predicted molar refractivity (Wildman–Crippen MR) is 73.6 cm³/mol. The van der Waals surface area contributed by atoms with Crippen LogP contribution in [-0.4, -0.2) is 30.6 Å². The van der Waals surface area contributed by atoms with Crippen molar-refractivity contribution >= 4 is 0 Å². The molecule has 0 radical (unpaired) electrons. The van der Waals surface area contributed by atoms with E-state index >= 15 is 0 Å². The average molecular weight is 243 g/mol. The molecule has 0 amide bonds. The number of aryl methyl sites for hydroxylation is 1. The normalized spacial score (nSPS) is 28.0. The Labute approximate surface area is 109 Å². The number of benzene rings is 1. The van der Waals surface area contributed by atoms with Crippen molar-refractivity contribution in [2.24, 2.45) is 0 Å². The third-order valence-electron chi connectivity index (χ3n) is 4.17. The van der Waals surface area contributed by atoms with Crippen LogP contribution in [0.4, 0.5) is 0 Å². The molecule has 2 nitrogen and oxygen atoms in total. The Kier molecular flexibility index (Phi) is 3.48. The van der Waals surface area contributed by atoms with E-state index in [1.165, 1.54) is 30.4 Å². The molecule has 1 aliphatic carbocycles. The third-order valence-corrected chi connectivity index (χ3v) is 4.17. The van der Waals surface area contributed by atoms with E-state index < -0.39 is 0 Å².